The SMILES string of the molecule is CC/C=C\C/C=C\C/C=C\C/C=C\C/C=C\C/C=C\C/C=C\C/C=C\CCCCCCC(=O)OC(COC(=O)CCCCCCCCCCC/C=C\C/C=C\C/C=C\C/C=C\C/C=C\CC)COC(OCC[N+](C)(C)C)C(=O)O. The van der Waals surface area contributed by atoms with Crippen molar-refractivity contribution >= 4 is 17.9 Å². The molecule has 1 N–H and O–H groups in total. The highest BCUT2D eigenvalue weighted by atomic mass is 16.7. The Morgan fingerprint density at radius 2 is 0.684 bits per heavy atom. The van der Waals surface area contributed by atoms with Crippen molar-refractivity contribution in [3.8, 4) is 0 Å². The monoisotopic (exact) mass is 1090 g/mol. The van der Waals surface area contributed by atoms with Gasteiger partial charge in [-0.3, -0.25) is 9.59 Å². The predicted molar refractivity (Wildman–Crippen MR) is 336 cm³/mol. The summed E-state index contributed by atoms with van der Waals surface area (Å²) in [6, 6.07) is 0. The van der Waals surface area contributed by atoms with Crippen LogP contribution in [0.1, 0.15) is 206 Å². The summed E-state index contributed by atoms with van der Waals surface area (Å²) in [5.74, 6) is -2.07. The van der Waals surface area contributed by atoms with Crippen molar-refractivity contribution in [3.63, 3.8) is 0 Å². The lowest BCUT2D eigenvalue weighted by atomic mass is 10.1. The van der Waals surface area contributed by atoms with Crippen LogP contribution in [0.15, 0.2) is 158 Å². The highest BCUT2D eigenvalue weighted by molar-refractivity contribution is 5.71. The molecule has 79 heavy (non-hydrogen) atoms. The lowest BCUT2D eigenvalue weighted by molar-refractivity contribution is -0.870. The summed E-state index contributed by atoms with van der Waals surface area (Å²) in [6.45, 7) is 4.59. The van der Waals surface area contributed by atoms with Gasteiger partial charge in [0.1, 0.15) is 13.2 Å². The van der Waals surface area contributed by atoms with Crippen LogP contribution in [0.2, 0.25) is 0 Å². The van der Waals surface area contributed by atoms with Crippen LogP contribution in [-0.2, 0) is 33.3 Å². The van der Waals surface area contributed by atoms with E-state index in [1.165, 1.54) is 32.1 Å². The number of carboxylic acids is 1. The molecule has 0 rings (SSSR count). The Balaban J connectivity index is 4.35. The lowest BCUT2D eigenvalue weighted by Crippen LogP contribution is -2.40. The van der Waals surface area contributed by atoms with Crippen molar-refractivity contribution in [1.82, 2.24) is 0 Å². The van der Waals surface area contributed by atoms with Crippen LogP contribution in [0.25, 0.3) is 0 Å². The lowest BCUT2D eigenvalue weighted by Gasteiger charge is -2.25. The van der Waals surface area contributed by atoms with E-state index in [-0.39, 0.29) is 38.6 Å². The Morgan fingerprint density at radius 3 is 1.01 bits per heavy atom. The van der Waals surface area contributed by atoms with E-state index in [0.717, 1.165) is 141 Å². The number of allylic oxidation sites excluding steroid dienone is 26. The minimum Gasteiger partial charge on any atom is -0.477 e. The number of carbonyl (C=O) groups is 3. The molecule has 9 heteroatoms. The molecule has 0 saturated carbocycles. The first-order chi connectivity index (χ1) is 38.6. The number of likely N-dealkylation sites (N-methyl/N-ethyl adjacent to an activating group) is 1. The van der Waals surface area contributed by atoms with Crippen molar-refractivity contribution in [2.75, 3.05) is 47.5 Å². The molecule has 0 fully saturated rings. The summed E-state index contributed by atoms with van der Waals surface area (Å²) >= 11 is 0. The van der Waals surface area contributed by atoms with E-state index in [2.05, 4.69) is 172 Å². The quantitative estimate of drug-likeness (QED) is 0.0211. The normalized spacial score (nSPS) is 13.9. The number of hydrogen-bond donors (Lipinski definition) is 1. The summed E-state index contributed by atoms with van der Waals surface area (Å²) in [7, 11) is 5.94. The van der Waals surface area contributed by atoms with Gasteiger partial charge in [-0.25, -0.2) is 4.79 Å². The average molecular weight is 1100 g/mol. The van der Waals surface area contributed by atoms with Crippen molar-refractivity contribution in [1.29, 1.82) is 0 Å². The van der Waals surface area contributed by atoms with Gasteiger partial charge in [0, 0.05) is 12.8 Å². The Kier molecular flexibility index (Phi) is 55.2. The van der Waals surface area contributed by atoms with Crippen LogP contribution in [0.4, 0.5) is 0 Å². The number of aliphatic carboxylic acids is 1. The van der Waals surface area contributed by atoms with E-state index in [4.69, 9.17) is 18.9 Å². The Bertz CT molecular complexity index is 1850. The zero-order valence-electron chi connectivity index (χ0n) is 50.5. The average Bonchev–Trinajstić information content (AvgIpc) is 3.42. The molecule has 0 aliphatic rings. The maximum atomic E-state index is 12.9. The van der Waals surface area contributed by atoms with Gasteiger partial charge in [0.15, 0.2) is 6.10 Å². The molecule has 0 spiro atoms. The van der Waals surface area contributed by atoms with E-state index in [0.29, 0.717) is 17.4 Å². The van der Waals surface area contributed by atoms with Crippen LogP contribution in [0.5, 0.6) is 0 Å². The molecule has 2 unspecified atom stereocenters. The molecule has 0 aliphatic carbocycles. The molecule has 0 amide bonds. The molecule has 0 aromatic heterocycles. The summed E-state index contributed by atoms with van der Waals surface area (Å²) in [6.07, 6.45) is 84.6. The van der Waals surface area contributed by atoms with Gasteiger partial charge >= 0.3 is 17.9 Å². The maximum absolute atomic E-state index is 12.9. The largest absolute Gasteiger partial charge is 0.477 e. The minimum atomic E-state index is -1.53. The van der Waals surface area contributed by atoms with Gasteiger partial charge in [-0.05, 0) is 122 Å². The molecule has 0 aliphatic heterocycles. The van der Waals surface area contributed by atoms with Crippen LogP contribution in [0.3, 0.4) is 0 Å². The second kappa shape index (κ2) is 59.0. The smallest absolute Gasteiger partial charge is 0.361 e. The molecule has 0 radical (unpaired) electrons. The van der Waals surface area contributed by atoms with Crippen LogP contribution in [-0.4, -0.2) is 87.4 Å². The highest BCUT2D eigenvalue weighted by Crippen LogP contribution is 2.14. The third-order valence-corrected chi connectivity index (χ3v) is 12.3. The van der Waals surface area contributed by atoms with Gasteiger partial charge in [0.2, 0.25) is 0 Å². The summed E-state index contributed by atoms with van der Waals surface area (Å²) in [4.78, 5) is 37.5. The van der Waals surface area contributed by atoms with Crippen LogP contribution in [0, 0.1) is 0 Å². The van der Waals surface area contributed by atoms with Gasteiger partial charge in [-0.2, -0.15) is 0 Å². The maximum Gasteiger partial charge on any atom is 0.361 e. The molecular formula is C70H112NO8+. The molecule has 9 nitrogen and oxygen atoms in total. The second-order valence-corrected chi connectivity index (χ2v) is 20.9. The number of hydrogen-bond acceptors (Lipinski definition) is 7. The van der Waals surface area contributed by atoms with Gasteiger partial charge in [0.25, 0.3) is 6.29 Å². The van der Waals surface area contributed by atoms with Crippen molar-refractivity contribution in [2.24, 2.45) is 0 Å². The number of carbonyl (C=O) groups excluding carboxylic acids is 2. The number of esters is 2. The van der Waals surface area contributed by atoms with E-state index >= 15 is 0 Å². The third-order valence-electron chi connectivity index (χ3n) is 12.3. The third kappa shape index (κ3) is 60.4. The van der Waals surface area contributed by atoms with E-state index < -0.39 is 24.3 Å². The number of ether oxygens (including phenoxy) is 4. The van der Waals surface area contributed by atoms with Crippen molar-refractivity contribution in [2.45, 2.75) is 219 Å². The van der Waals surface area contributed by atoms with Gasteiger partial charge in [-0.1, -0.05) is 230 Å². The minimum absolute atomic E-state index is 0.172. The van der Waals surface area contributed by atoms with Gasteiger partial charge in [0.05, 0.1) is 34.4 Å². The van der Waals surface area contributed by atoms with E-state index in [1.807, 2.05) is 21.1 Å². The van der Waals surface area contributed by atoms with Gasteiger partial charge in [-0.15, -0.1) is 0 Å². The van der Waals surface area contributed by atoms with Crippen molar-refractivity contribution < 1.29 is 42.9 Å². The number of quaternary nitrogens is 1. The number of rotatable bonds is 54. The summed E-state index contributed by atoms with van der Waals surface area (Å²) < 4.78 is 22.9. The first kappa shape index (κ1) is 73.9. The molecule has 0 aromatic carbocycles. The summed E-state index contributed by atoms with van der Waals surface area (Å²) in [5.41, 5.74) is 0. The Labute approximate surface area is 483 Å². The Hall–Kier alpha value is -5.09. The van der Waals surface area contributed by atoms with E-state index in [9.17, 15) is 19.5 Å². The van der Waals surface area contributed by atoms with Gasteiger partial charge < -0.3 is 28.5 Å². The molecule has 444 valence electrons. The molecule has 0 aromatic rings. The second-order valence-electron chi connectivity index (χ2n) is 20.9. The predicted octanol–water partition coefficient (Wildman–Crippen LogP) is 18.6. The number of nitrogens with zero attached hydrogens (tertiary/aromatic N) is 1. The zero-order chi connectivity index (χ0) is 57.6. The molecule has 0 heterocycles. The van der Waals surface area contributed by atoms with E-state index in [1.54, 1.807) is 0 Å². The fourth-order valence-electron chi connectivity index (χ4n) is 7.64. The fourth-order valence-corrected chi connectivity index (χ4v) is 7.64. The summed E-state index contributed by atoms with van der Waals surface area (Å²) in [5, 5.41) is 9.72. The van der Waals surface area contributed by atoms with Crippen LogP contribution >= 0.6 is 0 Å². The fraction of sp³-hybridized carbons (Fsp3) is 0.586. The zero-order valence-corrected chi connectivity index (χ0v) is 50.5. The van der Waals surface area contributed by atoms with Crippen molar-refractivity contribution in [3.05, 3.63) is 158 Å². The van der Waals surface area contributed by atoms with Crippen LogP contribution < -0.4 is 0 Å². The highest BCUT2D eigenvalue weighted by Gasteiger charge is 2.25. The topological polar surface area (TPSA) is 108 Å². The number of unbranched alkanes of at least 4 members (excludes halogenated alkanes) is 13. The molecule has 2 atom stereocenters. The first-order valence-electron chi connectivity index (χ1n) is 30.6. The first-order valence-corrected chi connectivity index (χ1v) is 30.6. The molecule has 0 bridgehead atoms. The molecular weight excluding hydrogens is 983 g/mol. The Morgan fingerprint density at radius 1 is 0.380 bits per heavy atom. The standard InChI is InChI=1S/C70H111NO8/c1-6-8-10-12-14-16-18-20-22-24-26-28-30-32-33-34-35-37-39-41-43-45-47-49-51-53-55-57-59-61-68(73)79-66(65-78-70(69(74)75)76-63-62-71(3,4)5)64-77-67(72)60-58-56-54-52-50-48-46-44-42-40-38-36-31-29-27-25-23-21-19-17-15-13-11-9-7-2/h8-11,14-17,20-23,26-29,32-33,35-38,41,43,47,49,66,70H,6-7,12-13,18-19,24-25,30-31,34,39-40,42,44-46,48,50-65H2,1-5H3/p+1/b10-8-,11-9-,16-14-,17-15-,22-20-,23-21-,28-26-,29-27-,33-32-,37-35-,38-36-,43-41-,49-47-. The molecule has 0 saturated heterocycles. The number of carboxylic acid groups (broad SMARTS) is 1.